The van der Waals surface area contributed by atoms with E-state index in [9.17, 15) is 25.0 Å². The second kappa shape index (κ2) is 7.30. The Morgan fingerprint density at radius 2 is 1.33 bits per heavy atom. The summed E-state index contributed by atoms with van der Waals surface area (Å²) in [7, 11) is 0. The molecule has 0 aliphatic carbocycles. The zero-order valence-corrected chi connectivity index (χ0v) is 11.6. The van der Waals surface area contributed by atoms with Crippen LogP contribution < -0.4 is 10.9 Å². The summed E-state index contributed by atoms with van der Waals surface area (Å²) in [6.45, 7) is 0. The average molecular weight is 336 g/mol. The second-order valence-electron chi connectivity index (χ2n) is 3.94. The van der Waals surface area contributed by atoms with E-state index >= 15 is 0 Å². The molecule has 0 atom stereocenters. The Morgan fingerprint density at radius 3 is 1.67 bits per heavy atom. The quantitative estimate of drug-likeness (QED) is 0.454. The Hall–Kier alpha value is -4.03. The predicted octanol–water partition coefficient (Wildman–Crippen LogP) is 1.36. The van der Waals surface area contributed by atoms with Crippen molar-refractivity contribution in [3.8, 4) is 0 Å². The van der Waals surface area contributed by atoms with Crippen LogP contribution in [0.3, 0.4) is 0 Å². The summed E-state index contributed by atoms with van der Waals surface area (Å²) >= 11 is 0. The van der Waals surface area contributed by atoms with Crippen LogP contribution in [0.15, 0.2) is 43.3 Å². The van der Waals surface area contributed by atoms with Gasteiger partial charge in [-0.05, 0) is 12.1 Å². The lowest BCUT2D eigenvalue weighted by Gasteiger charge is -1.95. The van der Waals surface area contributed by atoms with Gasteiger partial charge in [0.25, 0.3) is 0 Å². The monoisotopic (exact) mass is 336 g/mol. The van der Waals surface area contributed by atoms with Gasteiger partial charge in [-0.3, -0.25) is 20.2 Å². The van der Waals surface area contributed by atoms with Crippen LogP contribution in [-0.4, -0.2) is 28.3 Å². The number of amides is 2. The van der Waals surface area contributed by atoms with Crippen molar-refractivity contribution in [3.63, 3.8) is 0 Å². The van der Waals surface area contributed by atoms with Gasteiger partial charge >= 0.3 is 17.8 Å². The summed E-state index contributed by atoms with van der Waals surface area (Å²) in [5.41, 5.74) is 4.03. The van der Waals surface area contributed by atoms with Crippen molar-refractivity contribution in [3.05, 3.63) is 56.0 Å². The maximum Gasteiger partial charge on any atom is 0.433 e. The van der Waals surface area contributed by atoms with E-state index < -0.39 is 27.6 Å². The van der Waals surface area contributed by atoms with Crippen LogP contribution in [0.2, 0.25) is 0 Å². The van der Waals surface area contributed by atoms with Crippen LogP contribution >= 0.6 is 0 Å². The van der Waals surface area contributed by atoms with Gasteiger partial charge in [0.15, 0.2) is 11.5 Å². The van der Waals surface area contributed by atoms with Gasteiger partial charge in [0.2, 0.25) is 0 Å². The van der Waals surface area contributed by atoms with Gasteiger partial charge in [0.1, 0.15) is 9.85 Å². The van der Waals surface area contributed by atoms with Gasteiger partial charge in [0, 0.05) is 0 Å². The van der Waals surface area contributed by atoms with Crippen LogP contribution in [0.25, 0.3) is 0 Å². The minimum atomic E-state index is -0.829. The number of hydrazone groups is 2. The van der Waals surface area contributed by atoms with Crippen molar-refractivity contribution in [1.82, 2.24) is 10.9 Å². The highest BCUT2D eigenvalue weighted by Gasteiger charge is 2.11. The minimum Gasteiger partial charge on any atom is -0.400 e. The van der Waals surface area contributed by atoms with Gasteiger partial charge in [-0.25, -0.2) is 15.6 Å². The van der Waals surface area contributed by atoms with E-state index in [2.05, 4.69) is 10.2 Å². The number of hydrogen-bond acceptors (Lipinski definition) is 9. The topological polar surface area (TPSA) is 178 Å². The highest BCUT2D eigenvalue weighted by molar-refractivity contribution is 5.81. The van der Waals surface area contributed by atoms with Crippen molar-refractivity contribution >= 4 is 30.2 Å². The van der Waals surface area contributed by atoms with Crippen LogP contribution in [0.1, 0.15) is 11.5 Å². The number of nitrogens with zero attached hydrogens (tertiary/aromatic N) is 4. The third kappa shape index (κ3) is 4.48. The van der Waals surface area contributed by atoms with Crippen molar-refractivity contribution in [2.24, 2.45) is 10.2 Å². The number of furan rings is 2. The summed E-state index contributed by atoms with van der Waals surface area (Å²) < 4.78 is 9.54. The molecule has 2 amide bonds. The first-order valence-electron chi connectivity index (χ1n) is 6.06. The largest absolute Gasteiger partial charge is 0.433 e. The van der Waals surface area contributed by atoms with Crippen molar-refractivity contribution in [2.75, 3.05) is 0 Å². The van der Waals surface area contributed by atoms with E-state index in [-0.39, 0.29) is 11.5 Å². The van der Waals surface area contributed by atoms with E-state index in [4.69, 9.17) is 8.83 Å². The van der Waals surface area contributed by atoms with Crippen LogP contribution in [0.4, 0.5) is 16.6 Å². The number of rotatable bonds is 6. The Balaban J connectivity index is 1.79. The molecule has 0 unspecified atom stereocenters. The van der Waals surface area contributed by atoms with Crippen LogP contribution in [0, 0.1) is 20.2 Å². The predicted molar refractivity (Wildman–Crippen MR) is 77.6 cm³/mol. The molecule has 2 heterocycles. The van der Waals surface area contributed by atoms with Gasteiger partial charge < -0.3 is 8.83 Å². The third-order valence-corrected chi connectivity index (χ3v) is 2.30. The molecule has 0 aliphatic rings. The smallest absolute Gasteiger partial charge is 0.400 e. The van der Waals surface area contributed by atoms with Crippen LogP contribution in [0.5, 0.6) is 0 Å². The Bertz CT molecular complexity index is 754. The minimum absolute atomic E-state index is 0.0633. The summed E-state index contributed by atoms with van der Waals surface area (Å²) in [5.74, 6) is -0.794. The standard InChI is InChI=1S/C11H8N6O7/c18-11(14-12-5-7-1-3-9(23-7)16(19)20)15-13-6-8-2-4-10(24-8)17(21)22/h1-6H,(H2,14,15,18)/b12-5-,13-6?. The fourth-order valence-electron chi connectivity index (χ4n) is 1.35. The molecule has 0 saturated heterocycles. The average Bonchev–Trinajstić information content (AvgIpc) is 3.16. The molecule has 2 rings (SSSR count). The maximum atomic E-state index is 11.3. The first-order valence-corrected chi connectivity index (χ1v) is 6.06. The van der Waals surface area contributed by atoms with Gasteiger partial charge in [-0.2, -0.15) is 10.2 Å². The molecule has 0 saturated carbocycles. The van der Waals surface area contributed by atoms with E-state index in [1.165, 1.54) is 12.1 Å². The Labute approximate surface area is 131 Å². The fourth-order valence-corrected chi connectivity index (χ4v) is 1.35. The Kier molecular flexibility index (Phi) is 4.97. The fraction of sp³-hybridized carbons (Fsp3) is 0. The molecule has 0 aliphatic heterocycles. The lowest BCUT2D eigenvalue weighted by molar-refractivity contribution is -0.402. The summed E-state index contributed by atoms with van der Waals surface area (Å²) in [5, 5.41) is 27.7. The number of nitro groups is 2. The molecule has 0 aromatic carbocycles. The molecule has 13 nitrogen and oxygen atoms in total. The van der Waals surface area contributed by atoms with Gasteiger partial charge in [-0.15, -0.1) is 0 Å². The maximum absolute atomic E-state index is 11.3. The summed E-state index contributed by atoms with van der Waals surface area (Å²) in [6, 6.07) is 4.03. The number of carbonyl (C=O) groups excluding carboxylic acids is 1. The molecule has 0 spiro atoms. The molecule has 24 heavy (non-hydrogen) atoms. The SMILES string of the molecule is O=C(NN=Cc1ccc([N+](=O)[O-])o1)N/N=C\c1ccc([N+](=O)[O-])o1. The molecule has 2 aromatic heterocycles. The number of hydrogen-bond donors (Lipinski definition) is 2. The van der Waals surface area contributed by atoms with Gasteiger partial charge in [0.05, 0.1) is 24.6 Å². The van der Waals surface area contributed by atoms with Crippen molar-refractivity contribution < 1.29 is 23.5 Å². The molecule has 2 N–H and O–H groups in total. The normalized spacial score (nSPS) is 11.0. The van der Waals surface area contributed by atoms with Crippen LogP contribution in [-0.2, 0) is 0 Å². The molecular formula is C11H8N6O7. The lowest BCUT2D eigenvalue weighted by atomic mass is 10.5. The van der Waals surface area contributed by atoms with Crippen molar-refractivity contribution in [2.45, 2.75) is 0 Å². The molecule has 2 aromatic rings. The first-order chi connectivity index (χ1) is 11.5. The van der Waals surface area contributed by atoms with E-state index in [1.54, 1.807) is 0 Å². The summed E-state index contributed by atoms with van der Waals surface area (Å²) in [4.78, 5) is 30.7. The molecule has 124 valence electrons. The van der Waals surface area contributed by atoms with E-state index in [0.717, 1.165) is 24.6 Å². The van der Waals surface area contributed by atoms with Gasteiger partial charge in [-0.1, -0.05) is 0 Å². The zero-order chi connectivity index (χ0) is 17.5. The van der Waals surface area contributed by atoms with Crippen molar-refractivity contribution in [1.29, 1.82) is 0 Å². The number of carbonyl (C=O) groups is 1. The zero-order valence-electron chi connectivity index (χ0n) is 11.6. The molecule has 0 bridgehead atoms. The van der Waals surface area contributed by atoms with E-state index in [0.29, 0.717) is 0 Å². The second-order valence-corrected chi connectivity index (χ2v) is 3.94. The van der Waals surface area contributed by atoms with E-state index in [1.807, 2.05) is 10.9 Å². The molecule has 0 radical (unpaired) electrons. The highest BCUT2D eigenvalue weighted by Crippen LogP contribution is 2.14. The Morgan fingerprint density at radius 1 is 0.917 bits per heavy atom. The highest BCUT2D eigenvalue weighted by atomic mass is 16.7. The molecule has 0 fully saturated rings. The first kappa shape index (κ1) is 16.3. The number of urea groups is 1. The lowest BCUT2D eigenvalue weighted by Crippen LogP contribution is -2.28. The summed E-state index contributed by atoms with van der Waals surface area (Å²) in [6.07, 6.45) is 2.10. The number of nitrogens with one attached hydrogen (secondary N) is 2. The molecular weight excluding hydrogens is 328 g/mol. The molecule has 13 heteroatoms. The third-order valence-electron chi connectivity index (χ3n) is 2.30.